The van der Waals surface area contributed by atoms with Crippen LogP contribution < -0.4 is 5.56 Å². The molecule has 0 spiro atoms. The Kier molecular flexibility index (Phi) is 5.02. The molecule has 2 aromatic carbocycles. The number of sulfone groups is 1. The first-order chi connectivity index (χ1) is 12.5. The first-order valence-corrected chi connectivity index (χ1v) is 9.82. The fourth-order valence-corrected chi connectivity index (χ4v) is 4.54. The fraction of sp³-hybridized carbons (Fsp3) is 0.0556. The molecule has 1 atom stereocenters. The lowest BCUT2D eigenvalue weighted by molar-refractivity contribution is 0.590. The molecule has 3 rings (SSSR count). The Morgan fingerprint density at radius 2 is 1.62 bits per heavy atom. The molecule has 6 nitrogen and oxygen atoms in total. The van der Waals surface area contributed by atoms with Gasteiger partial charge in [-0.05, 0) is 40.2 Å². The van der Waals surface area contributed by atoms with E-state index in [2.05, 4.69) is 21.0 Å². The quantitative estimate of drug-likeness (QED) is 0.635. The van der Waals surface area contributed by atoms with Crippen LogP contribution in [-0.2, 0) is 9.84 Å². The van der Waals surface area contributed by atoms with Crippen LogP contribution in [0.15, 0.2) is 81.0 Å². The van der Waals surface area contributed by atoms with Gasteiger partial charge in [0.05, 0.1) is 27.3 Å². The second-order valence-corrected chi connectivity index (χ2v) is 8.16. The van der Waals surface area contributed by atoms with Crippen LogP contribution in [0.3, 0.4) is 0 Å². The molecule has 0 amide bonds. The van der Waals surface area contributed by atoms with Gasteiger partial charge < -0.3 is 0 Å². The van der Waals surface area contributed by atoms with Crippen LogP contribution in [-0.4, -0.2) is 18.2 Å². The van der Waals surface area contributed by atoms with Gasteiger partial charge in [-0.15, -0.1) is 0 Å². The summed E-state index contributed by atoms with van der Waals surface area (Å²) in [4.78, 5) is 12.6. The van der Waals surface area contributed by atoms with Crippen molar-refractivity contribution >= 4 is 25.8 Å². The van der Waals surface area contributed by atoms with Crippen molar-refractivity contribution < 1.29 is 8.42 Å². The van der Waals surface area contributed by atoms with E-state index in [4.69, 9.17) is 0 Å². The first-order valence-electron chi connectivity index (χ1n) is 7.48. The molecular formula is C18H12BrN3O3S. The number of halogens is 1. The molecule has 0 aliphatic heterocycles. The Morgan fingerprint density at radius 1 is 1.04 bits per heavy atom. The molecule has 8 heteroatoms. The highest BCUT2D eigenvalue weighted by atomic mass is 79.9. The highest BCUT2D eigenvalue weighted by Gasteiger charge is 2.32. The molecule has 0 fully saturated rings. The Morgan fingerprint density at radius 3 is 2.19 bits per heavy atom. The third kappa shape index (κ3) is 3.19. The number of hydrogen-bond donors (Lipinski definition) is 0. The lowest BCUT2D eigenvalue weighted by atomic mass is 10.2. The maximum Gasteiger partial charge on any atom is 0.286 e. The third-order valence-corrected chi connectivity index (χ3v) is 6.43. The summed E-state index contributed by atoms with van der Waals surface area (Å²) in [5.74, 6) is 0. The molecule has 0 saturated carbocycles. The standard InChI is InChI=1S/C18H12BrN3O3S/c19-17-15(12-21-22(18(17)23)13-7-3-1-4-8-13)16(11-20)26(24,25)14-9-5-2-6-10-14/h1-10,12,16H/t16-/m0/s1. The minimum Gasteiger partial charge on any atom is -0.266 e. The molecule has 0 N–H and O–H groups in total. The van der Waals surface area contributed by atoms with Crippen molar-refractivity contribution in [3.05, 3.63) is 87.3 Å². The van der Waals surface area contributed by atoms with Crippen molar-refractivity contribution in [1.29, 1.82) is 5.26 Å². The van der Waals surface area contributed by atoms with E-state index in [1.165, 1.54) is 18.3 Å². The van der Waals surface area contributed by atoms with Crippen molar-refractivity contribution in [1.82, 2.24) is 9.78 Å². The van der Waals surface area contributed by atoms with Crippen molar-refractivity contribution in [3.8, 4) is 11.8 Å². The summed E-state index contributed by atoms with van der Waals surface area (Å²) >= 11 is 3.15. The van der Waals surface area contributed by atoms with Crippen LogP contribution in [0.4, 0.5) is 0 Å². The third-order valence-electron chi connectivity index (χ3n) is 3.73. The van der Waals surface area contributed by atoms with Gasteiger partial charge in [0.2, 0.25) is 0 Å². The Labute approximate surface area is 158 Å². The topological polar surface area (TPSA) is 92.8 Å². The van der Waals surface area contributed by atoms with Crippen LogP contribution >= 0.6 is 15.9 Å². The van der Waals surface area contributed by atoms with Crippen LogP contribution in [0.25, 0.3) is 5.69 Å². The lowest BCUT2D eigenvalue weighted by Crippen LogP contribution is -2.25. The minimum absolute atomic E-state index is 0.00527. The predicted molar refractivity (Wildman–Crippen MR) is 99.5 cm³/mol. The average molecular weight is 430 g/mol. The summed E-state index contributed by atoms with van der Waals surface area (Å²) in [5, 5.41) is 12.0. The van der Waals surface area contributed by atoms with E-state index in [1.807, 2.05) is 0 Å². The van der Waals surface area contributed by atoms with Gasteiger partial charge in [-0.2, -0.15) is 15.0 Å². The van der Waals surface area contributed by atoms with Crippen molar-refractivity contribution in [2.45, 2.75) is 10.1 Å². The van der Waals surface area contributed by atoms with Crippen LogP contribution in [0.1, 0.15) is 10.8 Å². The summed E-state index contributed by atoms with van der Waals surface area (Å²) in [7, 11) is -4.00. The van der Waals surface area contributed by atoms with Crippen molar-refractivity contribution in [3.63, 3.8) is 0 Å². The van der Waals surface area contributed by atoms with Gasteiger partial charge >= 0.3 is 0 Å². The molecule has 0 bridgehead atoms. The Hall–Kier alpha value is -2.76. The molecule has 0 unspecified atom stereocenters. The molecule has 0 radical (unpaired) electrons. The molecule has 26 heavy (non-hydrogen) atoms. The number of nitrogens with zero attached hydrogens (tertiary/aromatic N) is 3. The zero-order chi connectivity index (χ0) is 18.7. The van der Waals surface area contributed by atoms with E-state index >= 15 is 0 Å². The van der Waals surface area contributed by atoms with Gasteiger partial charge in [0.25, 0.3) is 5.56 Å². The zero-order valence-electron chi connectivity index (χ0n) is 13.3. The second kappa shape index (κ2) is 7.23. The van der Waals surface area contributed by atoms with E-state index in [9.17, 15) is 18.5 Å². The summed E-state index contributed by atoms with van der Waals surface area (Å²) in [6.45, 7) is 0. The average Bonchev–Trinajstić information content (AvgIpc) is 2.67. The number of aromatic nitrogens is 2. The van der Waals surface area contributed by atoms with E-state index in [-0.39, 0.29) is 14.9 Å². The summed E-state index contributed by atoms with van der Waals surface area (Å²) < 4.78 is 26.7. The Bertz CT molecular complexity index is 1140. The maximum atomic E-state index is 12.8. The molecule has 130 valence electrons. The van der Waals surface area contributed by atoms with E-state index < -0.39 is 20.6 Å². The summed E-state index contributed by atoms with van der Waals surface area (Å²) in [5.41, 5.74) is -0.00470. The highest BCUT2D eigenvalue weighted by Crippen LogP contribution is 2.31. The van der Waals surface area contributed by atoms with Crippen molar-refractivity contribution in [2.75, 3.05) is 0 Å². The number of nitriles is 1. The van der Waals surface area contributed by atoms with Crippen LogP contribution in [0.5, 0.6) is 0 Å². The number of para-hydroxylation sites is 1. The van der Waals surface area contributed by atoms with Gasteiger partial charge in [-0.3, -0.25) is 4.79 Å². The molecule has 1 heterocycles. The van der Waals surface area contributed by atoms with Crippen LogP contribution in [0, 0.1) is 11.3 Å². The molecule has 0 saturated heterocycles. The molecule has 0 aliphatic carbocycles. The monoisotopic (exact) mass is 429 g/mol. The van der Waals surface area contributed by atoms with Crippen molar-refractivity contribution in [2.24, 2.45) is 0 Å². The van der Waals surface area contributed by atoms with Gasteiger partial charge in [0.15, 0.2) is 15.1 Å². The maximum absolute atomic E-state index is 12.8. The minimum atomic E-state index is -4.00. The van der Waals surface area contributed by atoms with Gasteiger partial charge in [0.1, 0.15) is 0 Å². The van der Waals surface area contributed by atoms with E-state index in [0.717, 1.165) is 4.68 Å². The van der Waals surface area contributed by atoms with Gasteiger partial charge in [-0.1, -0.05) is 36.4 Å². The zero-order valence-corrected chi connectivity index (χ0v) is 15.7. The highest BCUT2D eigenvalue weighted by molar-refractivity contribution is 9.10. The first kappa shape index (κ1) is 18.0. The van der Waals surface area contributed by atoms with Gasteiger partial charge in [0, 0.05) is 5.56 Å². The normalized spacial score (nSPS) is 12.3. The largest absolute Gasteiger partial charge is 0.286 e. The van der Waals surface area contributed by atoms with Crippen LogP contribution in [0.2, 0.25) is 0 Å². The summed E-state index contributed by atoms with van der Waals surface area (Å²) in [6.07, 6.45) is 1.23. The molecule has 3 aromatic rings. The molecule has 0 aliphatic rings. The summed E-state index contributed by atoms with van der Waals surface area (Å²) in [6, 6.07) is 18.1. The number of hydrogen-bond acceptors (Lipinski definition) is 5. The van der Waals surface area contributed by atoms with E-state index in [1.54, 1.807) is 54.6 Å². The smallest absolute Gasteiger partial charge is 0.266 e. The SMILES string of the molecule is N#C[C@@H](c1cnn(-c2ccccc2)c(=O)c1Br)S(=O)(=O)c1ccccc1. The lowest BCUT2D eigenvalue weighted by Gasteiger charge is -2.13. The van der Waals surface area contributed by atoms with Gasteiger partial charge in [-0.25, -0.2) is 8.42 Å². The predicted octanol–water partition coefficient (Wildman–Crippen LogP) is 3.03. The molecular weight excluding hydrogens is 418 g/mol. The van der Waals surface area contributed by atoms with E-state index in [0.29, 0.717) is 5.69 Å². The molecule has 1 aromatic heterocycles. The second-order valence-electron chi connectivity index (χ2n) is 5.33. The Balaban J connectivity index is 2.14. The number of benzene rings is 2. The fourth-order valence-electron chi connectivity index (χ4n) is 2.43. The number of rotatable bonds is 4.